The molecule has 2 amide bonds. The summed E-state index contributed by atoms with van der Waals surface area (Å²) in [6, 6.07) is -0.691. The second-order valence-corrected chi connectivity index (χ2v) is 9.09. The molecule has 1 aliphatic heterocycles. The van der Waals surface area contributed by atoms with Crippen molar-refractivity contribution >= 4 is 12.0 Å². The molecule has 0 aromatic carbocycles. The van der Waals surface area contributed by atoms with E-state index in [1.54, 1.807) is 25.7 Å². The molecule has 1 rings (SSSR count). The van der Waals surface area contributed by atoms with E-state index in [-0.39, 0.29) is 11.8 Å². The first-order chi connectivity index (χ1) is 15.1. The summed E-state index contributed by atoms with van der Waals surface area (Å²) in [5.41, 5.74) is -0.641. The summed E-state index contributed by atoms with van der Waals surface area (Å²) in [4.78, 5) is 30.2. The van der Waals surface area contributed by atoms with E-state index in [0.29, 0.717) is 39.5 Å². The van der Waals surface area contributed by atoms with Gasteiger partial charge in [0.15, 0.2) is 6.29 Å². The number of morpholine rings is 1. The molecule has 32 heavy (non-hydrogen) atoms. The molecule has 0 aliphatic carbocycles. The predicted octanol–water partition coefficient (Wildman–Crippen LogP) is 2.49. The van der Waals surface area contributed by atoms with E-state index in [0.717, 1.165) is 26.1 Å². The van der Waals surface area contributed by atoms with Crippen LogP contribution in [-0.4, -0.2) is 98.9 Å². The molecule has 2 atom stereocenters. The zero-order valence-corrected chi connectivity index (χ0v) is 21.1. The Balaban J connectivity index is 2.99. The maximum Gasteiger partial charge on any atom is 0.408 e. The largest absolute Gasteiger partial charge is 0.444 e. The molecule has 188 valence electrons. The highest BCUT2D eigenvalue weighted by molar-refractivity contribution is 5.86. The van der Waals surface area contributed by atoms with Gasteiger partial charge < -0.3 is 29.2 Å². The van der Waals surface area contributed by atoms with Crippen molar-refractivity contribution in [2.24, 2.45) is 5.92 Å². The van der Waals surface area contributed by atoms with Gasteiger partial charge in [-0.15, -0.1) is 0 Å². The summed E-state index contributed by atoms with van der Waals surface area (Å²) >= 11 is 0. The lowest BCUT2D eigenvalue weighted by atomic mass is 9.98. The highest BCUT2D eigenvalue weighted by Gasteiger charge is 2.33. The zero-order chi connectivity index (χ0) is 24.1. The number of rotatable bonds is 13. The van der Waals surface area contributed by atoms with Crippen LogP contribution in [0.5, 0.6) is 0 Å². The van der Waals surface area contributed by atoms with Crippen molar-refractivity contribution in [2.75, 3.05) is 59.2 Å². The standard InChI is InChI=1S/C23H45N3O6/c1-8-18(4)20(24-22(28)32-23(5,6)7)21(27)26(17-19(30-9-2)31-10-3)12-11-25-13-15-29-16-14-25/h18-20H,8-17H2,1-7H3,(H,24,28)/t18-,20-/m0/s1. The van der Waals surface area contributed by atoms with Gasteiger partial charge in [-0.05, 0) is 40.5 Å². The van der Waals surface area contributed by atoms with Gasteiger partial charge in [-0.3, -0.25) is 9.69 Å². The maximum atomic E-state index is 13.7. The lowest BCUT2D eigenvalue weighted by molar-refractivity contribution is -0.161. The number of carbonyl (C=O) groups excluding carboxylic acids is 2. The number of hydrogen-bond acceptors (Lipinski definition) is 7. The molecule has 1 fully saturated rings. The maximum absolute atomic E-state index is 13.7. The molecule has 1 saturated heterocycles. The fraction of sp³-hybridized carbons (Fsp3) is 0.913. The highest BCUT2D eigenvalue weighted by atomic mass is 16.7. The molecule has 0 unspecified atom stereocenters. The van der Waals surface area contributed by atoms with Gasteiger partial charge >= 0.3 is 6.09 Å². The molecule has 1 heterocycles. The molecule has 1 N–H and O–H groups in total. The van der Waals surface area contributed by atoms with Crippen molar-refractivity contribution in [1.29, 1.82) is 0 Å². The van der Waals surface area contributed by atoms with Crippen LogP contribution in [0, 0.1) is 5.92 Å². The fourth-order valence-corrected chi connectivity index (χ4v) is 3.40. The SMILES string of the molecule is CCOC(CN(CCN1CCOCC1)C(=O)[C@@H](NC(=O)OC(C)(C)C)[C@@H](C)CC)OCC. The minimum absolute atomic E-state index is 0.0569. The van der Waals surface area contributed by atoms with Crippen LogP contribution < -0.4 is 5.32 Å². The molecular formula is C23H45N3O6. The van der Waals surface area contributed by atoms with E-state index >= 15 is 0 Å². The van der Waals surface area contributed by atoms with E-state index < -0.39 is 24.0 Å². The molecule has 1 aliphatic rings. The van der Waals surface area contributed by atoms with Gasteiger partial charge in [0, 0.05) is 39.4 Å². The smallest absolute Gasteiger partial charge is 0.408 e. The number of nitrogens with zero attached hydrogens (tertiary/aromatic N) is 2. The topological polar surface area (TPSA) is 89.6 Å². The van der Waals surface area contributed by atoms with Gasteiger partial charge in [0.25, 0.3) is 0 Å². The van der Waals surface area contributed by atoms with Gasteiger partial charge in [-0.25, -0.2) is 4.79 Å². The van der Waals surface area contributed by atoms with Crippen LogP contribution in [0.4, 0.5) is 4.79 Å². The monoisotopic (exact) mass is 459 g/mol. The van der Waals surface area contributed by atoms with E-state index in [1.165, 1.54) is 0 Å². The average molecular weight is 460 g/mol. The Morgan fingerprint density at radius 1 is 1.09 bits per heavy atom. The minimum atomic E-state index is -0.691. The fourth-order valence-electron chi connectivity index (χ4n) is 3.40. The molecule has 0 spiro atoms. The van der Waals surface area contributed by atoms with Crippen molar-refractivity contribution in [2.45, 2.75) is 72.8 Å². The van der Waals surface area contributed by atoms with Gasteiger partial charge in [0.1, 0.15) is 11.6 Å². The van der Waals surface area contributed by atoms with E-state index in [4.69, 9.17) is 18.9 Å². The van der Waals surface area contributed by atoms with Gasteiger partial charge in [0.2, 0.25) is 5.91 Å². The summed E-state index contributed by atoms with van der Waals surface area (Å²) in [6.45, 7) is 18.8. The Morgan fingerprint density at radius 3 is 2.19 bits per heavy atom. The first-order valence-electron chi connectivity index (χ1n) is 11.9. The average Bonchev–Trinajstić information content (AvgIpc) is 2.73. The molecular weight excluding hydrogens is 414 g/mol. The van der Waals surface area contributed by atoms with E-state index in [9.17, 15) is 9.59 Å². The van der Waals surface area contributed by atoms with Crippen LogP contribution >= 0.6 is 0 Å². The lowest BCUT2D eigenvalue weighted by Gasteiger charge is -2.35. The number of ether oxygens (including phenoxy) is 4. The van der Waals surface area contributed by atoms with E-state index in [2.05, 4.69) is 10.2 Å². The van der Waals surface area contributed by atoms with Gasteiger partial charge in [-0.2, -0.15) is 0 Å². The van der Waals surface area contributed by atoms with Crippen molar-refractivity contribution < 1.29 is 28.5 Å². The number of carbonyl (C=O) groups is 2. The lowest BCUT2D eigenvalue weighted by Crippen LogP contribution is -2.55. The van der Waals surface area contributed by atoms with Crippen LogP contribution in [-0.2, 0) is 23.7 Å². The van der Waals surface area contributed by atoms with Crippen LogP contribution in [0.2, 0.25) is 0 Å². The predicted molar refractivity (Wildman–Crippen MR) is 123 cm³/mol. The van der Waals surface area contributed by atoms with E-state index in [1.807, 2.05) is 27.7 Å². The van der Waals surface area contributed by atoms with Crippen molar-refractivity contribution in [3.8, 4) is 0 Å². The summed E-state index contributed by atoms with van der Waals surface area (Å²) < 4.78 is 22.3. The van der Waals surface area contributed by atoms with Crippen LogP contribution in [0.3, 0.4) is 0 Å². The summed E-state index contributed by atoms with van der Waals surface area (Å²) in [5, 5.41) is 2.81. The molecule has 0 saturated carbocycles. The molecule has 0 radical (unpaired) electrons. The number of nitrogens with one attached hydrogen (secondary N) is 1. The Kier molecular flexibility index (Phi) is 13.1. The Hall–Kier alpha value is -1.42. The zero-order valence-electron chi connectivity index (χ0n) is 21.1. The van der Waals surface area contributed by atoms with Gasteiger partial charge in [-0.1, -0.05) is 20.3 Å². The molecule has 9 heteroatoms. The normalized spacial score (nSPS) is 17.1. The minimum Gasteiger partial charge on any atom is -0.444 e. The van der Waals surface area contributed by atoms with Crippen LogP contribution in [0.1, 0.15) is 54.9 Å². The first kappa shape index (κ1) is 28.6. The second kappa shape index (κ2) is 14.7. The quantitative estimate of drug-likeness (QED) is 0.423. The summed E-state index contributed by atoms with van der Waals surface area (Å²) in [7, 11) is 0. The van der Waals surface area contributed by atoms with Crippen molar-refractivity contribution in [1.82, 2.24) is 15.1 Å². The third-order valence-corrected chi connectivity index (χ3v) is 5.33. The van der Waals surface area contributed by atoms with Gasteiger partial charge in [0.05, 0.1) is 19.8 Å². The highest BCUT2D eigenvalue weighted by Crippen LogP contribution is 2.15. The second-order valence-electron chi connectivity index (χ2n) is 9.09. The summed E-state index contributed by atoms with van der Waals surface area (Å²) in [5.74, 6) is -0.207. The van der Waals surface area contributed by atoms with Crippen molar-refractivity contribution in [3.63, 3.8) is 0 Å². The van der Waals surface area contributed by atoms with Crippen LogP contribution in [0.15, 0.2) is 0 Å². The molecule has 0 aromatic rings. The number of hydrogen-bond donors (Lipinski definition) is 1. The third kappa shape index (κ3) is 10.9. The Labute approximate surface area is 194 Å². The Bertz CT molecular complexity index is 542. The first-order valence-corrected chi connectivity index (χ1v) is 11.9. The summed E-state index contributed by atoms with van der Waals surface area (Å²) in [6.07, 6.45) is -0.364. The van der Waals surface area contributed by atoms with Crippen molar-refractivity contribution in [3.05, 3.63) is 0 Å². The Morgan fingerprint density at radius 2 is 1.69 bits per heavy atom. The molecule has 9 nitrogen and oxygen atoms in total. The van der Waals surface area contributed by atoms with Crippen LogP contribution in [0.25, 0.3) is 0 Å². The number of amides is 2. The third-order valence-electron chi connectivity index (χ3n) is 5.33. The number of alkyl carbamates (subject to hydrolysis) is 1. The molecule has 0 aromatic heterocycles. The molecule has 0 bridgehead atoms.